The minimum absolute atomic E-state index is 0.506. The standard InChI is InChI=1S/C10H18O9/c11-1-3-5(13)6(14)10(18-3)19-8-4(2-12)17-9(16)7(8)15/h3-16H,1-2H2/t3-,4-,5-,6+,7+,8-,9-,10-/m0/s1. The summed E-state index contributed by atoms with van der Waals surface area (Å²) in [6, 6.07) is 0. The van der Waals surface area contributed by atoms with Gasteiger partial charge in [0.1, 0.15) is 36.6 Å². The zero-order chi connectivity index (χ0) is 14.2. The molecule has 2 aliphatic rings. The minimum Gasteiger partial charge on any atom is -0.394 e. The van der Waals surface area contributed by atoms with Crippen molar-refractivity contribution < 1.29 is 44.8 Å². The number of aliphatic hydroxyl groups is 6. The lowest BCUT2D eigenvalue weighted by Crippen LogP contribution is -2.43. The van der Waals surface area contributed by atoms with E-state index in [1.165, 1.54) is 0 Å². The van der Waals surface area contributed by atoms with Crippen LogP contribution in [0.3, 0.4) is 0 Å². The first-order chi connectivity index (χ1) is 8.99. The summed E-state index contributed by atoms with van der Waals surface area (Å²) in [5.41, 5.74) is 0. The highest BCUT2D eigenvalue weighted by molar-refractivity contribution is 4.91. The quantitative estimate of drug-likeness (QED) is 0.302. The number of hydrogen-bond acceptors (Lipinski definition) is 9. The van der Waals surface area contributed by atoms with E-state index in [0.29, 0.717) is 0 Å². The maximum absolute atomic E-state index is 9.67. The lowest BCUT2D eigenvalue weighted by molar-refractivity contribution is -0.215. The van der Waals surface area contributed by atoms with E-state index >= 15 is 0 Å². The fraction of sp³-hybridized carbons (Fsp3) is 1.00. The van der Waals surface area contributed by atoms with E-state index < -0.39 is 62.4 Å². The molecule has 0 bridgehead atoms. The molecule has 0 unspecified atom stereocenters. The zero-order valence-electron chi connectivity index (χ0n) is 9.94. The Bertz CT molecular complexity index is 301. The largest absolute Gasteiger partial charge is 0.394 e. The van der Waals surface area contributed by atoms with Crippen LogP contribution in [0.4, 0.5) is 0 Å². The van der Waals surface area contributed by atoms with E-state index in [2.05, 4.69) is 0 Å². The average Bonchev–Trinajstić information content (AvgIpc) is 2.83. The lowest BCUT2D eigenvalue weighted by atomic mass is 10.1. The van der Waals surface area contributed by atoms with Crippen LogP contribution in [0, 0.1) is 0 Å². The smallest absolute Gasteiger partial charge is 0.187 e. The van der Waals surface area contributed by atoms with Gasteiger partial charge in [-0.1, -0.05) is 0 Å². The molecule has 0 aromatic heterocycles. The molecular formula is C10H18O9. The Labute approximate surface area is 108 Å². The summed E-state index contributed by atoms with van der Waals surface area (Å²) >= 11 is 0. The maximum Gasteiger partial charge on any atom is 0.187 e. The van der Waals surface area contributed by atoms with E-state index in [1.54, 1.807) is 0 Å². The van der Waals surface area contributed by atoms with Crippen LogP contribution in [-0.4, -0.2) is 93.1 Å². The molecule has 6 N–H and O–H groups in total. The Balaban J connectivity index is 2.00. The number of hydrogen-bond donors (Lipinski definition) is 6. The van der Waals surface area contributed by atoms with Gasteiger partial charge in [0, 0.05) is 0 Å². The fourth-order valence-corrected chi connectivity index (χ4v) is 2.17. The molecule has 2 fully saturated rings. The Morgan fingerprint density at radius 2 is 1.42 bits per heavy atom. The van der Waals surface area contributed by atoms with Gasteiger partial charge in [-0.05, 0) is 0 Å². The molecule has 9 nitrogen and oxygen atoms in total. The minimum atomic E-state index is -1.51. The summed E-state index contributed by atoms with van der Waals surface area (Å²) in [6.45, 7) is -1.01. The van der Waals surface area contributed by atoms with Crippen LogP contribution >= 0.6 is 0 Å². The van der Waals surface area contributed by atoms with Crippen molar-refractivity contribution in [1.29, 1.82) is 0 Å². The number of rotatable bonds is 4. The molecule has 2 aliphatic heterocycles. The third kappa shape index (κ3) is 2.75. The molecule has 0 radical (unpaired) electrons. The summed E-state index contributed by atoms with van der Waals surface area (Å²) < 4.78 is 15.1. The van der Waals surface area contributed by atoms with Crippen molar-refractivity contribution in [3.63, 3.8) is 0 Å². The van der Waals surface area contributed by atoms with Gasteiger partial charge in [0.15, 0.2) is 12.6 Å². The van der Waals surface area contributed by atoms with Crippen LogP contribution in [0.1, 0.15) is 0 Å². The molecule has 8 atom stereocenters. The molecule has 0 aliphatic carbocycles. The monoisotopic (exact) mass is 282 g/mol. The van der Waals surface area contributed by atoms with Gasteiger partial charge in [-0.2, -0.15) is 0 Å². The molecule has 112 valence electrons. The molecule has 2 saturated heterocycles. The Morgan fingerprint density at radius 3 is 1.95 bits per heavy atom. The highest BCUT2D eigenvalue weighted by Gasteiger charge is 2.49. The van der Waals surface area contributed by atoms with Crippen LogP contribution in [-0.2, 0) is 14.2 Å². The van der Waals surface area contributed by atoms with Gasteiger partial charge < -0.3 is 44.8 Å². The normalized spacial score (nSPS) is 50.8. The molecule has 0 aromatic carbocycles. The van der Waals surface area contributed by atoms with E-state index in [-0.39, 0.29) is 0 Å². The first-order valence-corrected chi connectivity index (χ1v) is 5.90. The van der Waals surface area contributed by atoms with Crippen molar-refractivity contribution in [2.45, 2.75) is 49.2 Å². The average molecular weight is 282 g/mol. The second-order valence-corrected chi connectivity index (χ2v) is 4.55. The van der Waals surface area contributed by atoms with Crippen LogP contribution in [0.2, 0.25) is 0 Å². The second-order valence-electron chi connectivity index (χ2n) is 4.55. The fourth-order valence-electron chi connectivity index (χ4n) is 2.17. The molecular weight excluding hydrogens is 264 g/mol. The zero-order valence-corrected chi connectivity index (χ0v) is 9.94. The second kappa shape index (κ2) is 5.95. The van der Waals surface area contributed by atoms with Crippen molar-refractivity contribution in [3.05, 3.63) is 0 Å². The predicted octanol–water partition coefficient (Wildman–Crippen LogP) is -4.12. The van der Waals surface area contributed by atoms with E-state index in [1.807, 2.05) is 0 Å². The highest BCUT2D eigenvalue weighted by Crippen LogP contribution is 2.28. The van der Waals surface area contributed by atoms with E-state index in [9.17, 15) is 20.4 Å². The van der Waals surface area contributed by atoms with Crippen molar-refractivity contribution in [2.24, 2.45) is 0 Å². The molecule has 0 saturated carbocycles. The molecule has 9 heteroatoms. The van der Waals surface area contributed by atoms with Gasteiger partial charge in [0.25, 0.3) is 0 Å². The van der Waals surface area contributed by atoms with Crippen LogP contribution in [0.25, 0.3) is 0 Å². The summed E-state index contributed by atoms with van der Waals surface area (Å²) in [7, 11) is 0. The Morgan fingerprint density at radius 1 is 0.789 bits per heavy atom. The first kappa shape index (κ1) is 15.0. The lowest BCUT2D eigenvalue weighted by Gasteiger charge is -2.24. The Kier molecular flexibility index (Phi) is 4.71. The van der Waals surface area contributed by atoms with Gasteiger partial charge in [0.2, 0.25) is 0 Å². The van der Waals surface area contributed by atoms with Crippen LogP contribution in [0.15, 0.2) is 0 Å². The van der Waals surface area contributed by atoms with Gasteiger partial charge in [-0.25, -0.2) is 0 Å². The summed E-state index contributed by atoms with van der Waals surface area (Å²) in [5, 5.41) is 56.1. The molecule has 2 heterocycles. The maximum atomic E-state index is 9.67. The van der Waals surface area contributed by atoms with Gasteiger partial charge >= 0.3 is 0 Å². The topological polar surface area (TPSA) is 149 Å². The SMILES string of the molecule is OC[C@@H]1O[C@@H](O[C@@H]2[C@@H](O)[C@@H](O)O[C@H]2CO)[C@H](O)[C@H]1O. The van der Waals surface area contributed by atoms with Crippen molar-refractivity contribution in [2.75, 3.05) is 13.2 Å². The highest BCUT2D eigenvalue weighted by atomic mass is 16.7. The van der Waals surface area contributed by atoms with E-state index in [4.69, 9.17) is 24.4 Å². The van der Waals surface area contributed by atoms with Crippen LogP contribution in [0.5, 0.6) is 0 Å². The first-order valence-electron chi connectivity index (χ1n) is 5.90. The van der Waals surface area contributed by atoms with Crippen molar-refractivity contribution >= 4 is 0 Å². The predicted molar refractivity (Wildman–Crippen MR) is 56.6 cm³/mol. The Hall–Kier alpha value is -0.360. The molecule has 0 amide bonds. The van der Waals surface area contributed by atoms with Gasteiger partial charge in [-0.3, -0.25) is 0 Å². The number of ether oxygens (including phenoxy) is 3. The molecule has 0 aromatic rings. The van der Waals surface area contributed by atoms with Crippen molar-refractivity contribution in [3.8, 4) is 0 Å². The molecule has 19 heavy (non-hydrogen) atoms. The van der Waals surface area contributed by atoms with Crippen molar-refractivity contribution in [1.82, 2.24) is 0 Å². The summed E-state index contributed by atoms with van der Waals surface area (Å²) in [4.78, 5) is 0. The van der Waals surface area contributed by atoms with Gasteiger partial charge in [-0.15, -0.1) is 0 Å². The molecule has 2 rings (SSSR count). The van der Waals surface area contributed by atoms with Gasteiger partial charge in [0.05, 0.1) is 13.2 Å². The molecule has 0 spiro atoms. The van der Waals surface area contributed by atoms with E-state index in [0.717, 1.165) is 0 Å². The third-order valence-corrected chi connectivity index (χ3v) is 3.28. The third-order valence-electron chi connectivity index (χ3n) is 3.28. The summed E-state index contributed by atoms with van der Waals surface area (Å²) in [5.74, 6) is 0. The van der Waals surface area contributed by atoms with Crippen LogP contribution < -0.4 is 0 Å². The number of aliphatic hydroxyl groups excluding tert-OH is 6. The summed E-state index contributed by atoms with van der Waals surface area (Å²) in [6.07, 6.45) is -10.1.